The second-order valence-electron chi connectivity index (χ2n) is 5.64. The molecule has 3 rings (SSSR count). The molecule has 21 heavy (non-hydrogen) atoms. The number of hydrogen-bond acceptors (Lipinski definition) is 0. The molecule has 3 aromatic carbocycles. The molecule has 0 radical (unpaired) electrons. The molecule has 0 aliphatic rings. The van der Waals surface area contributed by atoms with Crippen LogP contribution in [-0.4, -0.2) is 0 Å². The summed E-state index contributed by atoms with van der Waals surface area (Å²) < 4.78 is 0. The minimum atomic E-state index is 1.17. The van der Waals surface area contributed by atoms with Crippen molar-refractivity contribution >= 4 is 10.8 Å². The molecular formula is C21H22. The molecule has 0 heteroatoms. The summed E-state index contributed by atoms with van der Waals surface area (Å²) in [6.45, 7) is 2.26. The average Bonchev–Trinajstić information content (AvgIpc) is 2.55. The van der Waals surface area contributed by atoms with Crippen molar-refractivity contribution in [1.82, 2.24) is 0 Å². The van der Waals surface area contributed by atoms with Crippen LogP contribution in [0.5, 0.6) is 0 Å². The number of aryl methyl sites for hydroxylation is 1. The van der Waals surface area contributed by atoms with Gasteiger partial charge in [-0.05, 0) is 40.3 Å². The molecule has 0 aromatic heterocycles. The van der Waals surface area contributed by atoms with Gasteiger partial charge in [-0.25, -0.2) is 0 Å². The van der Waals surface area contributed by atoms with Crippen molar-refractivity contribution in [3.8, 4) is 11.1 Å². The molecule has 0 unspecified atom stereocenters. The van der Waals surface area contributed by atoms with Crippen molar-refractivity contribution in [3.05, 3.63) is 72.3 Å². The Morgan fingerprint density at radius 2 is 1.38 bits per heavy atom. The molecule has 0 N–H and O–H groups in total. The Morgan fingerprint density at radius 3 is 2.29 bits per heavy atom. The monoisotopic (exact) mass is 274 g/mol. The van der Waals surface area contributed by atoms with Gasteiger partial charge in [0.05, 0.1) is 0 Å². The van der Waals surface area contributed by atoms with E-state index in [1.165, 1.54) is 53.1 Å². The molecule has 0 amide bonds. The van der Waals surface area contributed by atoms with Gasteiger partial charge < -0.3 is 0 Å². The molecule has 0 fully saturated rings. The second-order valence-corrected chi connectivity index (χ2v) is 5.64. The SMILES string of the molecule is CCCCCc1ccccc1-c1cccc2ccccc12. The van der Waals surface area contributed by atoms with Gasteiger partial charge in [0.25, 0.3) is 0 Å². The van der Waals surface area contributed by atoms with Crippen LogP contribution in [0.4, 0.5) is 0 Å². The van der Waals surface area contributed by atoms with Crippen molar-refractivity contribution in [1.29, 1.82) is 0 Å². The van der Waals surface area contributed by atoms with Crippen molar-refractivity contribution in [2.75, 3.05) is 0 Å². The van der Waals surface area contributed by atoms with Crippen molar-refractivity contribution < 1.29 is 0 Å². The summed E-state index contributed by atoms with van der Waals surface area (Å²) in [7, 11) is 0. The van der Waals surface area contributed by atoms with Gasteiger partial charge in [0.2, 0.25) is 0 Å². The predicted octanol–water partition coefficient (Wildman–Crippen LogP) is 6.24. The van der Waals surface area contributed by atoms with E-state index >= 15 is 0 Å². The highest BCUT2D eigenvalue weighted by Gasteiger charge is 2.07. The molecule has 0 aliphatic carbocycles. The van der Waals surface area contributed by atoms with Gasteiger partial charge in [-0.2, -0.15) is 0 Å². The summed E-state index contributed by atoms with van der Waals surface area (Å²) in [4.78, 5) is 0. The zero-order chi connectivity index (χ0) is 14.5. The van der Waals surface area contributed by atoms with Crippen LogP contribution in [0, 0.1) is 0 Å². The lowest BCUT2D eigenvalue weighted by Crippen LogP contribution is -1.91. The second kappa shape index (κ2) is 6.58. The van der Waals surface area contributed by atoms with E-state index in [-0.39, 0.29) is 0 Å². The average molecular weight is 274 g/mol. The number of hydrogen-bond donors (Lipinski definition) is 0. The summed E-state index contributed by atoms with van der Waals surface area (Å²) in [5.41, 5.74) is 4.23. The number of unbranched alkanes of at least 4 members (excludes halogenated alkanes) is 2. The van der Waals surface area contributed by atoms with Crippen LogP contribution in [0.2, 0.25) is 0 Å². The summed E-state index contributed by atoms with van der Waals surface area (Å²) >= 11 is 0. The lowest BCUT2D eigenvalue weighted by molar-refractivity contribution is 0.718. The van der Waals surface area contributed by atoms with Crippen molar-refractivity contribution in [2.45, 2.75) is 32.6 Å². The van der Waals surface area contributed by atoms with E-state index < -0.39 is 0 Å². The van der Waals surface area contributed by atoms with Gasteiger partial charge in [0.15, 0.2) is 0 Å². The van der Waals surface area contributed by atoms with Crippen LogP contribution in [0.3, 0.4) is 0 Å². The topological polar surface area (TPSA) is 0 Å². The highest BCUT2D eigenvalue weighted by atomic mass is 14.1. The molecule has 0 spiro atoms. The standard InChI is InChI=1S/C21H22/c1-2-3-4-10-17-11-5-7-14-19(17)21-16-9-13-18-12-6-8-15-20(18)21/h5-9,11-16H,2-4,10H2,1H3. The van der Waals surface area contributed by atoms with E-state index in [2.05, 4.69) is 73.7 Å². The van der Waals surface area contributed by atoms with Gasteiger partial charge >= 0.3 is 0 Å². The molecule has 0 saturated carbocycles. The van der Waals surface area contributed by atoms with Crippen LogP contribution in [0.15, 0.2) is 66.7 Å². The molecule has 106 valence electrons. The first-order valence-electron chi connectivity index (χ1n) is 7.96. The summed E-state index contributed by atoms with van der Waals surface area (Å²) in [5, 5.41) is 2.67. The van der Waals surface area contributed by atoms with Crippen molar-refractivity contribution in [2.24, 2.45) is 0 Å². The molecule has 0 aliphatic heterocycles. The Bertz CT molecular complexity index is 719. The maximum Gasteiger partial charge on any atom is -0.0103 e. The first-order chi connectivity index (χ1) is 10.4. The Kier molecular flexibility index (Phi) is 4.35. The van der Waals surface area contributed by atoms with Gasteiger partial charge in [-0.15, -0.1) is 0 Å². The van der Waals surface area contributed by atoms with Crippen LogP contribution in [0.25, 0.3) is 21.9 Å². The summed E-state index contributed by atoms with van der Waals surface area (Å²) in [6.07, 6.45) is 5.03. The maximum absolute atomic E-state index is 2.28. The highest BCUT2D eigenvalue weighted by Crippen LogP contribution is 2.31. The zero-order valence-electron chi connectivity index (χ0n) is 12.7. The van der Waals surface area contributed by atoms with E-state index in [9.17, 15) is 0 Å². The fourth-order valence-electron chi connectivity index (χ4n) is 3.03. The lowest BCUT2D eigenvalue weighted by atomic mass is 9.92. The van der Waals surface area contributed by atoms with Crippen LogP contribution in [-0.2, 0) is 6.42 Å². The molecule has 0 saturated heterocycles. The van der Waals surface area contributed by atoms with Crippen LogP contribution < -0.4 is 0 Å². The summed E-state index contributed by atoms with van der Waals surface area (Å²) in [5.74, 6) is 0. The Balaban J connectivity index is 2.06. The van der Waals surface area contributed by atoms with E-state index in [0.29, 0.717) is 0 Å². The molecule has 0 heterocycles. The molecular weight excluding hydrogens is 252 g/mol. The number of fused-ring (bicyclic) bond motifs is 1. The molecule has 0 atom stereocenters. The Hall–Kier alpha value is -2.08. The third-order valence-corrected chi connectivity index (χ3v) is 4.15. The first kappa shape index (κ1) is 13.9. The quantitative estimate of drug-likeness (QED) is 0.483. The van der Waals surface area contributed by atoms with Crippen LogP contribution >= 0.6 is 0 Å². The molecule has 3 aromatic rings. The third-order valence-electron chi connectivity index (χ3n) is 4.15. The normalized spacial score (nSPS) is 10.9. The number of rotatable bonds is 5. The van der Waals surface area contributed by atoms with Gasteiger partial charge in [0, 0.05) is 0 Å². The minimum absolute atomic E-state index is 1.17. The van der Waals surface area contributed by atoms with Gasteiger partial charge in [0.1, 0.15) is 0 Å². The highest BCUT2D eigenvalue weighted by molar-refractivity contribution is 5.97. The van der Waals surface area contributed by atoms with Crippen molar-refractivity contribution in [3.63, 3.8) is 0 Å². The van der Waals surface area contributed by atoms with E-state index in [1.807, 2.05) is 0 Å². The predicted molar refractivity (Wildman–Crippen MR) is 92.6 cm³/mol. The molecule has 0 bridgehead atoms. The number of benzene rings is 3. The summed E-state index contributed by atoms with van der Waals surface area (Å²) in [6, 6.07) is 24.1. The van der Waals surface area contributed by atoms with Gasteiger partial charge in [-0.1, -0.05) is 86.5 Å². The van der Waals surface area contributed by atoms with E-state index in [1.54, 1.807) is 0 Å². The largest absolute Gasteiger partial charge is 0.0654 e. The minimum Gasteiger partial charge on any atom is -0.0654 e. The van der Waals surface area contributed by atoms with Gasteiger partial charge in [-0.3, -0.25) is 0 Å². The molecule has 0 nitrogen and oxygen atoms in total. The third kappa shape index (κ3) is 3.00. The Morgan fingerprint density at radius 1 is 0.667 bits per heavy atom. The fourth-order valence-corrected chi connectivity index (χ4v) is 3.03. The van der Waals surface area contributed by atoms with E-state index in [4.69, 9.17) is 0 Å². The van der Waals surface area contributed by atoms with Crippen LogP contribution in [0.1, 0.15) is 31.7 Å². The Labute approximate surface area is 127 Å². The van der Waals surface area contributed by atoms with E-state index in [0.717, 1.165) is 0 Å². The fraction of sp³-hybridized carbons (Fsp3) is 0.238. The lowest BCUT2D eigenvalue weighted by Gasteiger charge is -2.12. The smallest absolute Gasteiger partial charge is 0.0103 e. The maximum atomic E-state index is 2.28. The zero-order valence-corrected chi connectivity index (χ0v) is 12.7. The first-order valence-corrected chi connectivity index (χ1v) is 7.96.